The van der Waals surface area contributed by atoms with Crippen molar-refractivity contribution < 1.29 is 4.79 Å². The van der Waals surface area contributed by atoms with E-state index in [1.807, 2.05) is 43.1 Å². The molecule has 4 heterocycles. The van der Waals surface area contributed by atoms with Gasteiger partial charge in [0.2, 0.25) is 5.91 Å². The van der Waals surface area contributed by atoms with E-state index < -0.39 is 6.04 Å². The maximum atomic E-state index is 14.0. The topological polar surface area (TPSA) is 119 Å². The Kier molecular flexibility index (Phi) is 8.99. The fourth-order valence-electron chi connectivity index (χ4n) is 5.89. The molecule has 1 unspecified atom stereocenters. The van der Waals surface area contributed by atoms with Crippen LogP contribution in [0.3, 0.4) is 0 Å². The second kappa shape index (κ2) is 12.3. The van der Waals surface area contributed by atoms with Gasteiger partial charge in [-0.2, -0.15) is 0 Å². The van der Waals surface area contributed by atoms with Crippen LogP contribution in [0.25, 0.3) is 0 Å². The SMILES string of the molecule is Cc1nc(N)ccc1CNC(=O)[C@@H]1CCc2cnc(N(C)C3c4ccccc4CCc4cccnc43)c(=O)n21.Cl.Cl. The zero-order chi connectivity index (χ0) is 27.1. The van der Waals surface area contributed by atoms with Crippen molar-refractivity contribution in [2.24, 2.45) is 0 Å². The van der Waals surface area contributed by atoms with E-state index in [9.17, 15) is 9.59 Å². The first kappa shape index (κ1) is 30.0. The Balaban J connectivity index is 0.00000194. The highest BCUT2D eigenvalue weighted by atomic mass is 35.5. The van der Waals surface area contributed by atoms with E-state index in [2.05, 4.69) is 33.5 Å². The van der Waals surface area contributed by atoms with Crippen LogP contribution in [0.4, 0.5) is 11.6 Å². The van der Waals surface area contributed by atoms with E-state index in [1.165, 1.54) is 5.56 Å². The van der Waals surface area contributed by atoms with Crippen molar-refractivity contribution in [1.82, 2.24) is 24.8 Å². The van der Waals surface area contributed by atoms with Crippen molar-refractivity contribution in [1.29, 1.82) is 0 Å². The molecule has 3 N–H and O–H groups in total. The van der Waals surface area contributed by atoms with Gasteiger partial charge in [0.25, 0.3) is 5.56 Å². The fraction of sp³-hybridized carbons (Fsp3) is 0.300. The third-order valence-electron chi connectivity index (χ3n) is 7.93. The van der Waals surface area contributed by atoms with Gasteiger partial charge in [0.15, 0.2) is 5.82 Å². The van der Waals surface area contributed by atoms with Gasteiger partial charge in [0.1, 0.15) is 11.9 Å². The number of aryl methyl sites for hydroxylation is 4. The van der Waals surface area contributed by atoms with E-state index >= 15 is 0 Å². The van der Waals surface area contributed by atoms with Gasteiger partial charge in [0.05, 0.1) is 11.7 Å². The molecule has 214 valence electrons. The number of halogens is 2. The zero-order valence-electron chi connectivity index (χ0n) is 22.9. The number of hydrogen-bond donors (Lipinski definition) is 2. The Morgan fingerprint density at radius 1 is 1.05 bits per heavy atom. The van der Waals surface area contributed by atoms with E-state index in [1.54, 1.807) is 23.0 Å². The average Bonchev–Trinajstić information content (AvgIpc) is 3.30. The Morgan fingerprint density at radius 3 is 2.61 bits per heavy atom. The van der Waals surface area contributed by atoms with Gasteiger partial charge in [-0.1, -0.05) is 36.4 Å². The molecule has 11 heteroatoms. The van der Waals surface area contributed by atoms with Crippen LogP contribution in [0.1, 0.15) is 57.8 Å². The summed E-state index contributed by atoms with van der Waals surface area (Å²) in [4.78, 5) is 42.8. The molecule has 1 amide bonds. The molecule has 0 radical (unpaired) electrons. The Morgan fingerprint density at radius 2 is 1.80 bits per heavy atom. The lowest BCUT2D eigenvalue weighted by molar-refractivity contribution is -0.124. The van der Waals surface area contributed by atoms with Gasteiger partial charge in [-0.3, -0.25) is 19.1 Å². The third kappa shape index (κ3) is 5.52. The molecular formula is C30H33Cl2N7O2. The minimum absolute atomic E-state index is 0. The van der Waals surface area contributed by atoms with Gasteiger partial charge in [-0.25, -0.2) is 9.97 Å². The summed E-state index contributed by atoms with van der Waals surface area (Å²) in [7, 11) is 1.89. The number of aromatic nitrogens is 4. The van der Waals surface area contributed by atoms with E-state index in [-0.39, 0.29) is 42.3 Å². The maximum Gasteiger partial charge on any atom is 0.294 e. The Labute approximate surface area is 251 Å². The Hall–Kier alpha value is -3.95. The first-order valence-corrected chi connectivity index (χ1v) is 13.3. The molecule has 0 spiro atoms. The average molecular weight is 595 g/mol. The van der Waals surface area contributed by atoms with Gasteiger partial charge in [0, 0.05) is 37.4 Å². The first-order chi connectivity index (χ1) is 18.9. The molecule has 0 bridgehead atoms. The number of rotatable bonds is 5. The number of pyridine rings is 2. The summed E-state index contributed by atoms with van der Waals surface area (Å²) in [5, 5.41) is 2.99. The molecule has 1 aliphatic carbocycles. The molecule has 1 aromatic carbocycles. The summed E-state index contributed by atoms with van der Waals surface area (Å²) >= 11 is 0. The van der Waals surface area contributed by atoms with Crippen molar-refractivity contribution in [3.05, 3.63) is 111 Å². The summed E-state index contributed by atoms with van der Waals surface area (Å²) < 4.78 is 1.62. The van der Waals surface area contributed by atoms with Crippen LogP contribution in [0, 0.1) is 6.92 Å². The van der Waals surface area contributed by atoms with Crippen molar-refractivity contribution in [2.75, 3.05) is 17.7 Å². The van der Waals surface area contributed by atoms with E-state index in [0.29, 0.717) is 31.0 Å². The van der Waals surface area contributed by atoms with Gasteiger partial charge >= 0.3 is 0 Å². The molecule has 2 atom stereocenters. The summed E-state index contributed by atoms with van der Waals surface area (Å²) in [6.07, 6.45) is 6.48. The number of benzene rings is 1. The molecule has 2 aliphatic rings. The van der Waals surface area contributed by atoms with Crippen molar-refractivity contribution in [3.63, 3.8) is 0 Å². The number of carbonyl (C=O) groups is 1. The Bertz CT molecular complexity index is 1590. The van der Waals surface area contributed by atoms with Crippen LogP contribution in [0.5, 0.6) is 0 Å². The standard InChI is InChI=1S/C30H31N7O2.2ClH/c1-18-21(11-14-25(31)35-18)16-34-29(38)24-13-12-22-17-33-28(30(39)37(22)24)36(2)27-23-8-4-3-6-19(23)9-10-20-7-5-15-32-26(20)27;;/h3-8,11,14-15,17,24,27H,9-10,12-13,16H2,1-2H3,(H2,31,35)(H,34,38);2*1H/t24-,27?;;/m0../s1. The smallest absolute Gasteiger partial charge is 0.294 e. The number of anilines is 2. The maximum absolute atomic E-state index is 14.0. The highest BCUT2D eigenvalue weighted by Gasteiger charge is 2.34. The third-order valence-corrected chi connectivity index (χ3v) is 7.93. The lowest BCUT2D eigenvalue weighted by Gasteiger charge is -2.30. The van der Waals surface area contributed by atoms with E-state index in [4.69, 9.17) is 10.7 Å². The summed E-state index contributed by atoms with van der Waals surface area (Å²) in [5.41, 5.74) is 12.4. The van der Waals surface area contributed by atoms with Crippen LogP contribution in [-0.2, 0) is 30.6 Å². The predicted molar refractivity (Wildman–Crippen MR) is 164 cm³/mol. The number of nitrogens with two attached hydrogens (primary N) is 1. The number of fused-ring (bicyclic) bond motifs is 3. The van der Waals surface area contributed by atoms with Gasteiger partial charge in [-0.15, -0.1) is 24.8 Å². The molecule has 0 saturated carbocycles. The predicted octanol–water partition coefficient (Wildman–Crippen LogP) is 3.90. The lowest BCUT2D eigenvalue weighted by Crippen LogP contribution is -2.39. The quantitative estimate of drug-likeness (QED) is 0.360. The van der Waals surface area contributed by atoms with Crippen molar-refractivity contribution >= 4 is 42.4 Å². The summed E-state index contributed by atoms with van der Waals surface area (Å²) in [5.74, 6) is 0.547. The summed E-state index contributed by atoms with van der Waals surface area (Å²) in [6, 6.07) is 15.1. The number of nitrogen functional groups attached to an aromatic ring is 1. The molecule has 0 saturated heterocycles. The largest absolute Gasteiger partial charge is 0.384 e. The number of carbonyl (C=O) groups excluding carboxylic acids is 1. The minimum atomic E-state index is -0.600. The fourth-order valence-corrected chi connectivity index (χ4v) is 5.89. The van der Waals surface area contributed by atoms with Gasteiger partial charge in [-0.05, 0) is 67.0 Å². The molecule has 41 heavy (non-hydrogen) atoms. The van der Waals surface area contributed by atoms with Crippen LogP contribution >= 0.6 is 24.8 Å². The molecule has 1 aliphatic heterocycles. The van der Waals surface area contributed by atoms with Crippen LogP contribution in [-0.4, -0.2) is 32.5 Å². The molecule has 6 rings (SSSR count). The second-order valence-corrected chi connectivity index (χ2v) is 10.3. The van der Waals surface area contributed by atoms with Crippen LogP contribution < -0.4 is 21.5 Å². The van der Waals surface area contributed by atoms with Crippen molar-refractivity contribution in [2.45, 2.75) is 51.2 Å². The van der Waals surface area contributed by atoms with Crippen LogP contribution in [0.2, 0.25) is 0 Å². The zero-order valence-corrected chi connectivity index (χ0v) is 24.5. The minimum Gasteiger partial charge on any atom is -0.384 e. The van der Waals surface area contributed by atoms with Gasteiger partial charge < -0.3 is 16.0 Å². The first-order valence-electron chi connectivity index (χ1n) is 13.3. The highest BCUT2D eigenvalue weighted by molar-refractivity contribution is 5.85. The molecule has 4 aromatic rings. The molecular weight excluding hydrogens is 561 g/mol. The summed E-state index contributed by atoms with van der Waals surface area (Å²) in [6.45, 7) is 2.18. The monoisotopic (exact) mass is 593 g/mol. The lowest BCUT2D eigenvalue weighted by atomic mass is 9.97. The van der Waals surface area contributed by atoms with Crippen molar-refractivity contribution in [3.8, 4) is 0 Å². The van der Waals surface area contributed by atoms with Crippen LogP contribution in [0.15, 0.2) is 65.7 Å². The molecule has 3 aromatic heterocycles. The van der Waals surface area contributed by atoms with E-state index in [0.717, 1.165) is 46.6 Å². The highest BCUT2D eigenvalue weighted by Crippen LogP contribution is 2.36. The number of amides is 1. The number of nitrogens with zero attached hydrogens (tertiary/aromatic N) is 5. The molecule has 0 fully saturated rings. The molecule has 9 nitrogen and oxygen atoms in total. The normalized spacial score (nSPS) is 16.6. The second-order valence-electron chi connectivity index (χ2n) is 10.3. The number of nitrogens with one attached hydrogen (secondary N) is 1. The number of hydrogen-bond acceptors (Lipinski definition) is 7.